The minimum Gasteiger partial charge on any atom is -0.297 e. The van der Waals surface area contributed by atoms with Gasteiger partial charge in [-0.3, -0.25) is 4.57 Å². The summed E-state index contributed by atoms with van der Waals surface area (Å²) in [7, 11) is -3.89. The van der Waals surface area contributed by atoms with Crippen LogP contribution in [0, 0.1) is 6.92 Å². The Hall–Kier alpha value is -1.25. The van der Waals surface area contributed by atoms with Gasteiger partial charge < -0.3 is 0 Å². The van der Waals surface area contributed by atoms with E-state index in [2.05, 4.69) is 26.1 Å². The summed E-state index contributed by atoms with van der Waals surface area (Å²) in [5, 5.41) is 12.7. The van der Waals surface area contributed by atoms with Gasteiger partial charge in [0.05, 0.1) is 0 Å². The Morgan fingerprint density at radius 3 is 2.60 bits per heavy atom. The number of hydrogen-bond donors (Lipinski definition) is 1. The molecule has 0 unspecified atom stereocenters. The van der Waals surface area contributed by atoms with Crippen molar-refractivity contribution in [3.63, 3.8) is 0 Å². The maximum Gasteiger partial charge on any atom is 0.273 e. The van der Waals surface area contributed by atoms with Crippen LogP contribution < -0.4 is 5.14 Å². The van der Waals surface area contributed by atoms with Crippen molar-refractivity contribution in [3.05, 3.63) is 28.2 Å². The molecule has 8 heteroatoms. The molecule has 0 radical (unpaired) electrons. The van der Waals surface area contributed by atoms with Crippen molar-refractivity contribution in [3.8, 4) is 11.4 Å². The first-order valence-corrected chi connectivity index (χ1v) is 8.41. The first-order chi connectivity index (χ1) is 9.34. The molecular weight excluding hydrogens is 344 g/mol. The van der Waals surface area contributed by atoms with E-state index < -0.39 is 10.0 Å². The number of primary sulfonamides is 1. The number of aromatic nitrogens is 3. The van der Waals surface area contributed by atoms with Gasteiger partial charge in [0.2, 0.25) is 0 Å². The van der Waals surface area contributed by atoms with E-state index in [0.29, 0.717) is 12.4 Å². The van der Waals surface area contributed by atoms with E-state index in [0.717, 1.165) is 22.0 Å². The van der Waals surface area contributed by atoms with Crippen molar-refractivity contribution in [2.75, 3.05) is 0 Å². The van der Waals surface area contributed by atoms with Crippen LogP contribution in [0.4, 0.5) is 0 Å². The summed E-state index contributed by atoms with van der Waals surface area (Å²) >= 11 is 3.47. The van der Waals surface area contributed by atoms with Crippen LogP contribution in [-0.4, -0.2) is 23.2 Å². The molecule has 20 heavy (non-hydrogen) atoms. The topological polar surface area (TPSA) is 90.9 Å². The second-order valence-electron chi connectivity index (χ2n) is 4.49. The zero-order valence-electron chi connectivity index (χ0n) is 11.2. The second-order valence-corrected chi connectivity index (χ2v) is 6.80. The van der Waals surface area contributed by atoms with E-state index in [9.17, 15) is 8.42 Å². The van der Waals surface area contributed by atoms with Crippen LogP contribution in [0.5, 0.6) is 0 Å². The predicted octanol–water partition coefficient (Wildman–Crippen LogP) is 2.07. The van der Waals surface area contributed by atoms with Gasteiger partial charge in [0, 0.05) is 16.6 Å². The quantitative estimate of drug-likeness (QED) is 0.905. The summed E-state index contributed by atoms with van der Waals surface area (Å²) in [6, 6.07) is 5.75. The van der Waals surface area contributed by atoms with Crippen molar-refractivity contribution in [2.45, 2.75) is 32.0 Å². The number of hydrogen-bond acceptors (Lipinski definition) is 4. The van der Waals surface area contributed by atoms with Crippen molar-refractivity contribution in [2.24, 2.45) is 5.14 Å². The summed E-state index contributed by atoms with van der Waals surface area (Å²) in [6.07, 6.45) is 0.747. The Morgan fingerprint density at radius 2 is 2.05 bits per heavy atom. The lowest BCUT2D eigenvalue weighted by molar-refractivity contribution is 0.559. The smallest absolute Gasteiger partial charge is 0.273 e. The summed E-state index contributed by atoms with van der Waals surface area (Å²) in [6.45, 7) is 4.40. The fourth-order valence-electron chi connectivity index (χ4n) is 1.93. The fraction of sp³-hybridized carbons (Fsp3) is 0.333. The largest absolute Gasteiger partial charge is 0.297 e. The van der Waals surface area contributed by atoms with Gasteiger partial charge in [0.15, 0.2) is 5.82 Å². The number of nitrogens with zero attached hydrogens (tertiary/aromatic N) is 3. The highest BCUT2D eigenvalue weighted by molar-refractivity contribution is 9.10. The lowest BCUT2D eigenvalue weighted by atomic mass is 10.1. The first kappa shape index (κ1) is 15.1. The average Bonchev–Trinajstić information content (AvgIpc) is 2.73. The maximum absolute atomic E-state index is 11.6. The Labute approximate surface area is 126 Å². The molecular formula is C12H15BrN4O2S. The second kappa shape index (κ2) is 5.63. The number of benzene rings is 1. The van der Waals surface area contributed by atoms with Gasteiger partial charge >= 0.3 is 0 Å². The van der Waals surface area contributed by atoms with Gasteiger partial charge in [-0.1, -0.05) is 28.9 Å². The standard InChI is InChI=1S/C12H15BrN4O2S/c1-3-6-17-11(15-16-12(17)20(14,18)19)9-5-4-8(2)7-10(9)13/h4-5,7H,3,6H2,1-2H3,(H2,14,18,19). The molecule has 6 nitrogen and oxygen atoms in total. The number of aryl methyl sites for hydroxylation is 1. The minimum atomic E-state index is -3.89. The molecule has 0 atom stereocenters. The highest BCUT2D eigenvalue weighted by atomic mass is 79.9. The van der Waals surface area contributed by atoms with Crippen LogP contribution in [0.25, 0.3) is 11.4 Å². The van der Waals surface area contributed by atoms with Crippen molar-refractivity contribution < 1.29 is 8.42 Å². The molecule has 1 heterocycles. The van der Waals surface area contributed by atoms with E-state index in [4.69, 9.17) is 5.14 Å². The molecule has 0 aliphatic carbocycles. The Bertz CT molecular complexity index is 740. The van der Waals surface area contributed by atoms with E-state index >= 15 is 0 Å². The Balaban J connectivity index is 2.66. The third kappa shape index (κ3) is 2.92. The summed E-state index contributed by atoms with van der Waals surface area (Å²) in [5.74, 6) is 0.489. The maximum atomic E-state index is 11.6. The molecule has 0 amide bonds. The van der Waals surface area contributed by atoms with Gasteiger partial charge in [0.1, 0.15) is 0 Å². The fourth-order valence-corrected chi connectivity index (χ4v) is 3.24. The summed E-state index contributed by atoms with van der Waals surface area (Å²) in [4.78, 5) is 0. The number of nitrogens with two attached hydrogens (primary N) is 1. The van der Waals surface area contributed by atoms with Gasteiger partial charge in [-0.15, -0.1) is 10.2 Å². The summed E-state index contributed by atoms with van der Waals surface area (Å²) < 4.78 is 25.5. The SMILES string of the molecule is CCCn1c(-c2ccc(C)cc2Br)nnc1S(N)(=O)=O. The third-order valence-electron chi connectivity index (χ3n) is 2.78. The van der Waals surface area contributed by atoms with Crippen molar-refractivity contribution in [1.29, 1.82) is 0 Å². The third-order valence-corrected chi connectivity index (χ3v) is 4.25. The Morgan fingerprint density at radius 1 is 1.35 bits per heavy atom. The van der Waals surface area contributed by atoms with E-state index in [-0.39, 0.29) is 5.16 Å². The summed E-state index contributed by atoms with van der Waals surface area (Å²) in [5.41, 5.74) is 1.88. The molecule has 2 N–H and O–H groups in total. The van der Waals surface area contributed by atoms with Crippen LogP contribution in [0.15, 0.2) is 27.8 Å². The molecule has 0 saturated heterocycles. The van der Waals surface area contributed by atoms with E-state index in [1.807, 2.05) is 32.0 Å². The highest BCUT2D eigenvalue weighted by Crippen LogP contribution is 2.29. The van der Waals surface area contributed by atoms with Gasteiger partial charge in [-0.05, 0) is 31.0 Å². The highest BCUT2D eigenvalue weighted by Gasteiger charge is 2.22. The van der Waals surface area contributed by atoms with Gasteiger partial charge in [-0.25, -0.2) is 13.6 Å². The molecule has 1 aromatic carbocycles. The van der Waals surface area contributed by atoms with E-state index in [1.54, 1.807) is 0 Å². The number of rotatable bonds is 4. The molecule has 0 spiro atoms. The molecule has 0 saturated carbocycles. The molecule has 2 rings (SSSR count). The Kier molecular flexibility index (Phi) is 4.26. The zero-order valence-corrected chi connectivity index (χ0v) is 13.6. The van der Waals surface area contributed by atoms with Crippen molar-refractivity contribution >= 4 is 26.0 Å². The molecule has 0 bridgehead atoms. The van der Waals surface area contributed by atoms with Crippen LogP contribution in [0.1, 0.15) is 18.9 Å². The first-order valence-electron chi connectivity index (χ1n) is 6.07. The van der Waals surface area contributed by atoms with E-state index in [1.165, 1.54) is 4.57 Å². The number of sulfonamides is 1. The van der Waals surface area contributed by atoms with Crippen LogP contribution in [-0.2, 0) is 16.6 Å². The molecule has 0 aliphatic heterocycles. The molecule has 108 valence electrons. The number of halogens is 1. The van der Waals surface area contributed by atoms with Gasteiger partial charge in [0.25, 0.3) is 15.2 Å². The molecule has 1 aromatic heterocycles. The lowest BCUT2D eigenvalue weighted by Gasteiger charge is -2.09. The minimum absolute atomic E-state index is 0.207. The van der Waals surface area contributed by atoms with Crippen LogP contribution in [0.3, 0.4) is 0 Å². The van der Waals surface area contributed by atoms with Crippen molar-refractivity contribution in [1.82, 2.24) is 14.8 Å². The monoisotopic (exact) mass is 358 g/mol. The molecule has 2 aromatic rings. The average molecular weight is 359 g/mol. The lowest BCUT2D eigenvalue weighted by Crippen LogP contribution is -2.19. The normalized spacial score (nSPS) is 11.8. The van der Waals surface area contributed by atoms with Crippen LogP contribution >= 0.6 is 15.9 Å². The molecule has 0 aliphatic rings. The molecule has 0 fully saturated rings. The van der Waals surface area contributed by atoms with Crippen LogP contribution in [0.2, 0.25) is 0 Å². The zero-order chi connectivity index (χ0) is 14.9. The predicted molar refractivity (Wildman–Crippen MR) is 79.6 cm³/mol. The van der Waals surface area contributed by atoms with Gasteiger partial charge in [-0.2, -0.15) is 0 Å².